The van der Waals surface area contributed by atoms with Gasteiger partial charge in [0.1, 0.15) is 0 Å². The summed E-state index contributed by atoms with van der Waals surface area (Å²) in [5.41, 5.74) is 3.62. The molecule has 5 aromatic carbocycles. The van der Waals surface area contributed by atoms with Crippen LogP contribution in [-0.2, 0) is 17.1 Å². The predicted octanol–water partition coefficient (Wildman–Crippen LogP) is 8.39. The molecule has 1 heterocycles. The standard InChI is InChI=1S/C27H17.C7H9N2.Fe/c1-2-7-18(6-1)24-11-5-10-21-15-23-13-12-22-14-19-8-3-4-9-20(19)16-25(22)27(23)17-26(21)24;1-9(2)7-3-5-8-6-4-7;/h1,3-6,8-17H,2H2;3-5H,1-2H3;/q2*-1;+2. The van der Waals surface area contributed by atoms with Gasteiger partial charge in [0.25, 0.3) is 0 Å². The van der Waals surface area contributed by atoms with Crippen molar-refractivity contribution in [3.8, 4) is 0 Å². The predicted molar refractivity (Wildman–Crippen MR) is 154 cm³/mol. The van der Waals surface area contributed by atoms with Crippen LogP contribution in [0.2, 0.25) is 0 Å². The minimum atomic E-state index is 0. The fourth-order valence-electron chi connectivity index (χ4n) is 4.93. The van der Waals surface area contributed by atoms with Gasteiger partial charge in [-0.25, -0.2) is 0 Å². The molecule has 2 nitrogen and oxygen atoms in total. The third kappa shape index (κ3) is 4.89. The van der Waals surface area contributed by atoms with Crippen molar-refractivity contribution in [3.63, 3.8) is 0 Å². The van der Waals surface area contributed by atoms with Crippen LogP contribution < -0.4 is 4.90 Å². The molecular weight excluding hydrogens is 492 g/mol. The van der Waals surface area contributed by atoms with Crippen LogP contribution in [-0.4, -0.2) is 19.1 Å². The fraction of sp³-hybridized carbons (Fsp3) is 0.0882. The second kappa shape index (κ2) is 10.6. The van der Waals surface area contributed by atoms with E-state index < -0.39 is 0 Å². The quantitative estimate of drug-likeness (QED) is 0.0991. The summed E-state index contributed by atoms with van der Waals surface area (Å²) in [4.78, 5) is 5.79. The maximum atomic E-state index is 3.78. The third-order valence-corrected chi connectivity index (χ3v) is 6.81. The number of benzene rings is 5. The van der Waals surface area contributed by atoms with Crippen molar-refractivity contribution in [3.05, 3.63) is 127 Å². The molecule has 6 aromatic rings. The molecule has 0 aliphatic heterocycles. The van der Waals surface area contributed by atoms with E-state index >= 15 is 0 Å². The summed E-state index contributed by atoms with van der Waals surface area (Å²) in [6, 6.07) is 32.8. The molecule has 0 spiro atoms. The van der Waals surface area contributed by atoms with Crippen molar-refractivity contribution >= 4 is 54.4 Å². The molecular formula is C34H26FeN2. The largest absolute Gasteiger partial charge is 2.00 e. The summed E-state index contributed by atoms with van der Waals surface area (Å²) in [6.45, 7) is 0. The molecule has 0 fully saturated rings. The maximum absolute atomic E-state index is 3.78. The molecule has 0 saturated heterocycles. The number of anilines is 1. The van der Waals surface area contributed by atoms with Crippen molar-refractivity contribution in [1.29, 1.82) is 0 Å². The zero-order chi connectivity index (χ0) is 24.5. The van der Waals surface area contributed by atoms with Gasteiger partial charge in [-0.1, -0.05) is 84.5 Å². The average Bonchev–Trinajstić information content (AvgIpc) is 3.46. The molecule has 37 heavy (non-hydrogen) atoms. The Balaban J connectivity index is 0.000000241. The van der Waals surface area contributed by atoms with E-state index in [1.54, 1.807) is 6.20 Å². The van der Waals surface area contributed by atoms with E-state index in [9.17, 15) is 0 Å². The third-order valence-electron chi connectivity index (χ3n) is 6.81. The van der Waals surface area contributed by atoms with Crippen molar-refractivity contribution in [2.45, 2.75) is 6.42 Å². The molecule has 1 aliphatic rings. The van der Waals surface area contributed by atoms with Crippen molar-refractivity contribution in [2.24, 2.45) is 0 Å². The maximum Gasteiger partial charge on any atom is 2.00 e. The molecule has 7 rings (SSSR count). The smallest absolute Gasteiger partial charge is 0.429 e. The van der Waals surface area contributed by atoms with E-state index in [1.165, 1.54) is 54.2 Å². The molecule has 1 aliphatic carbocycles. The van der Waals surface area contributed by atoms with Crippen LogP contribution in [0, 0.1) is 12.3 Å². The molecule has 0 N–H and O–H groups in total. The van der Waals surface area contributed by atoms with Crippen LogP contribution in [0.3, 0.4) is 0 Å². The van der Waals surface area contributed by atoms with E-state index in [2.05, 4.69) is 108 Å². The number of hydrogen-bond acceptors (Lipinski definition) is 2. The van der Waals surface area contributed by atoms with Crippen molar-refractivity contribution in [2.75, 3.05) is 19.0 Å². The van der Waals surface area contributed by atoms with Gasteiger partial charge in [0.2, 0.25) is 0 Å². The van der Waals surface area contributed by atoms with Crippen LogP contribution in [0.1, 0.15) is 12.0 Å². The molecule has 180 valence electrons. The fourth-order valence-corrected chi connectivity index (χ4v) is 4.93. The second-order valence-electron chi connectivity index (χ2n) is 9.32. The number of hydrogen-bond donors (Lipinski definition) is 0. The van der Waals surface area contributed by atoms with Crippen LogP contribution in [0.15, 0.2) is 109 Å². The summed E-state index contributed by atoms with van der Waals surface area (Å²) in [5.74, 6) is 0. The Hall–Kier alpha value is -3.91. The number of allylic oxidation sites excluding steroid dienone is 4. The first-order valence-corrected chi connectivity index (χ1v) is 12.2. The van der Waals surface area contributed by atoms with Gasteiger partial charge in [-0.15, -0.1) is 29.8 Å². The summed E-state index contributed by atoms with van der Waals surface area (Å²) in [6.07, 6.45) is 13.2. The number of rotatable bonds is 2. The van der Waals surface area contributed by atoms with E-state index in [-0.39, 0.29) is 17.1 Å². The first-order valence-electron chi connectivity index (χ1n) is 12.2. The molecule has 1 aromatic heterocycles. The van der Waals surface area contributed by atoms with Gasteiger partial charge >= 0.3 is 17.1 Å². The monoisotopic (exact) mass is 518 g/mol. The molecule has 0 amide bonds. The van der Waals surface area contributed by atoms with Gasteiger partial charge in [0.15, 0.2) is 0 Å². The number of aromatic nitrogens is 1. The Morgan fingerprint density at radius 2 is 1.38 bits per heavy atom. The van der Waals surface area contributed by atoms with Gasteiger partial charge in [-0.05, 0) is 70.0 Å². The zero-order valence-electron chi connectivity index (χ0n) is 20.8. The van der Waals surface area contributed by atoms with Crippen LogP contribution in [0.4, 0.5) is 5.69 Å². The van der Waals surface area contributed by atoms with E-state index in [0.717, 1.165) is 12.1 Å². The molecule has 0 atom stereocenters. The minimum absolute atomic E-state index is 0. The Morgan fingerprint density at radius 3 is 2.03 bits per heavy atom. The van der Waals surface area contributed by atoms with Crippen LogP contribution in [0.5, 0.6) is 0 Å². The SMILES string of the molecule is CN(C)c1c[c-]ncc1.[C-]1=C(c2cccc3cc4ccc5cc6ccccc6cc5c4cc23)C=CC1.[Fe+2]. The summed E-state index contributed by atoms with van der Waals surface area (Å²) in [7, 11) is 3.98. The Kier molecular flexibility index (Phi) is 7.10. The van der Waals surface area contributed by atoms with E-state index in [1.807, 2.05) is 31.1 Å². The topological polar surface area (TPSA) is 16.1 Å². The summed E-state index contributed by atoms with van der Waals surface area (Å²) < 4.78 is 0. The Morgan fingerprint density at radius 1 is 0.703 bits per heavy atom. The zero-order valence-corrected chi connectivity index (χ0v) is 22.0. The number of fused-ring (bicyclic) bond motifs is 5. The first-order chi connectivity index (χ1) is 17.7. The molecule has 0 bridgehead atoms. The molecule has 0 saturated carbocycles. The van der Waals surface area contributed by atoms with Gasteiger partial charge in [0, 0.05) is 0 Å². The van der Waals surface area contributed by atoms with Crippen LogP contribution >= 0.6 is 0 Å². The Bertz CT molecular complexity index is 1780. The van der Waals surface area contributed by atoms with Gasteiger partial charge in [0.05, 0.1) is 0 Å². The van der Waals surface area contributed by atoms with E-state index in [4.69, 9.17) is 0 Å². The minimum Gasteiger partial charge on any atom is -0.429 e. The first kappa shape index (κ1) is 24.8. The van der Waals surface area contributed by atoms with E-state index in [0.29, 0.717) is 0 Å². The van der Waals surface area contributed by atoms with Crippen molar-refractivity contribution < 1.29 is 17.1 Å². The normalized spacial score (nSPS) is 12.3. The second-order valence-corrected chi connectivity index (χ2v) is 9.32. The number of nitrogens with zero attached hydrogens (tertiary/aromatic N) is 2. The van der Waals surface area contributed by atoms with Gasteiger partial charge < -0.3 is 9.88 Å². The van der Waals surface area contributed by atoms with Crippen molar-refractivity contribution in [1.82, 2.24) is 4.98 Å². The average molecular weight is 518 g/mol. The number of pyridine rings is 1. The molecule has 3 heteroatoms. The Labute approximate surface area is 228 Å². The summed E-state index contributed by atoms with van der Waals surface area (Å²) >= 11 is 0. The van der Waals surface area contributed by atoms with Gasteiger partial charge in [-0.3, -0.25) is 0 Å². The summed E-state index contributed by atoms with van der Waals surface area (Å²) in [5, 5.41) is 10.4. The molecule has 0 unspecified atom stereocenters. The van der Waals surface area contributed by atoms with Crippen LogP contribution in [0.25, 0.3) is 48.7 Å². The molecule has 0 radical (unpaired) electrons. The van der Waals surface area contributed by atoms with Gasteiger partial charge in [-0.2, -0.15) is 17.7 Å².